The van der Waals surface area contributed by atoms with Gasteiger partial charge in [0, 0.05) is 51.4 Å². The predicted octanol–water partition coefficient (Wildman–Crippen LogP) is 1.17. The second-order valence-electron chi connectivity index (χ2n) is 7.94. The van der Waals surface area contributed by atoms with Gasteiger partial charge in [-0.1, -0.05) is 6.07 Å². The van der Waals surface area contributed by atoms with Crippen LogP contribution >= 0.6 is 0 Å². The highest BCUT2D eigenvalue weighted by Crippen LogP contribution is 2.28. The summed E-state index contributed by atoms with van der Waals surface area (Å²) in [6.45, 7) is 6.98. The molecule has 1 N–H and O–H groups in total. The van der Waals surface area contributed by atoms with Gasteiger partial charge in [-0.05, 0) is 38.8 Å². The van der Waals surface area contributed by atoms with Crippen molar-refractivity contribution in [1.29, 1.82) is 0 Å². The minimum atomic E-state index is -3.59. The maximum atomic E-state index is 13.0. The van der Waals surface area contributed by atoms with E-state index in [1.807, 2.05) is 23.1 Å². The number of anilines is 1. The summed E-state index contributed by atoms with van der Waals surface area (Å²) < 4.78 is 27.5. The molecule has 2 aromatic rings. The molecule has 0 bridgehead atoms. The lowest BCUT2D eigenvalue weighted by Crippen LogP contribution is -2.52. The average molecular weight is 433 g/mol. The van der Waals surface area contributed by atoms with Gasteiger partial charge >= 0.3 is 0 Å². The van der Waals surface area contributed by atoms with Crippen molar-refractivity contribution in [3.63, 3.8) is 0 Å². The van der Waals surface area contributed by atoms with Crippen LogP contribution < -0.4 is 4.90 Å². The zero-order valence-electron chi connectivity index (χ0n) is 17.4. The molecule has 2 fully saturated rings. The topological polar surface area (TPSA) is 102 Å². The van der Waals surface area contributed by atoms with Crippen LogP contribution in [0.15, 0.2) is 29.3 Å². The summed E-state index contributed by atoms with van der Waals surface area (Å²) in [5.41, 5.74) is 1.04. The molecular weight excluding hydrogens is 404 g/mol. The minimum Gasteiger partial charge on any atom is -0.353 e. The summed E-state index contributed by atoms with van der Waals surface area (Å²) in [6, 6.07) is 5.84. The number of aryl methyl sites for hydroxylation is 2. The predicted molar refractivity (Wildman–Crippen MR) is 113 cm³/mol. The van der Waals surface area contributed by atoms with Crippen molar-refractivity contribution < 1.29 is 13.2 Å². The molecule has 2 aromatic heterocycles. The second kappa shape index (κ2) is 8.35. The van der Waals surface area contributed by atoms with Gasteiger partial charge < -0.3 is 9.80 Å². The van der Waals surface area contributed by atoms with Crippen molar-refractivity contribution in [2.24, 2.45) is 5.92 Å². The molecule has 0 aliphatic carbocycles. The standard InChI is InChI=1S/C20H28N6O3S/c1-15-19(16(2)23-22-15)30(28,29)26-9-6-17(7-10-26)20(27)25-13-11-24(12-14-25)18-5-3-4-8-21-18/h3-5,8,17H,6-7,9-14H2,1-2H3,(H,22,23). The molecule has 0 atom stereocenters. The van der Waals surface area contributed by atoms with Crippen molar-refractivity contribution in [1.82, 2.24) is 24.4 Å². The van der Waals surface area contributed by atoms with Crippen LogP contribution in [0.2, 0.25) is 0 Å². The molecule has 0 saturated carbocycles. The van der Waals surface area contributed by atoms with Gasteiger partial charge in [-0.25, -0.2) is 13.4 Å². The molecule has 0 unspecified atom stereocenters. The highest BCUT2D eigenvalue weighted by molar-refractivity contribution is 7.89. The molecule has 2 aliphatic rings. The van der Waals surface area contributed by atoms with E-state index >= 15 is 0 Å². The lowest BCUT2D eigenvalue weighted by Gasteiger charge is -2.38. The fourth-order valence-corrected chi connectivity index (χ4v) is 6.15. The Hall–Kier alpha value is -2.46. The van der Waals surface area contributed by atoms with Crippen LogP contribution in [-0.2, 0) is 14.8 Å². The number of sulfonamides is 1. The maximum absolute atomic E-state index is 13.0. The number of amides is 1. The van der Waals surface area contributed by atoms with E-state index in [1.165, 1.54) is 4.31 Å². The number of hydrogen-bond donors (Lipinski definition) is 1. The zero-order chi connectivity index (χ0) is 21.3. The van der Waals surface area contributed by atoms with Gasteiger partial charge in [0.15, 0.2) is 0 Å². The maximum Gasteiger partial charge on any atom is 0.246 e. The van der Waals surface area contributed by atoms with Crippen LogP contribution in [0.1, 0.15) is 24.2 Å². The van der Waals surface area contributed by atoms with Crippen LogP contribution in [0.4, 0.5) is 5.82 Å². The number of aromatic amines is 1. The monoisotopic (exact) mass is 432 g/mol. The smallest absolute Gasteiger partial charge is 0.246 e. The third-order valence-corrected chi connectivity index (χ3v) is 8.19. The number of aromatic nitrogens is 3. The first kappa shape index (κ1) is 20.8. The van der Waals surface area contributed by atoms with Crippen molar-refractivity contribution in [2.75, 3.05) is 44.2 Å². The molecule has 4 heterocycles. The number of carbonyl (C=O) groups excluding carboxylic acids is 1. The fraction of sp³-hybridized carbons (Fsp3) is 0.550. The molecule has 4 rings (SSSR count). The Bertz CT molecular complexity index is 971. The number of nitrogens with zero attached hydrogens (tertiary/aromatic N) is 5. The van der Waals surface area contributed by atoms with Gasteiger partial charge in [0.05, 0.1) is 11.4 Å². The lowest BCUT2D eigenvalue weighted by molar-refractivity contribution is -0.137. The van der Waals surface area contributed by atoms with E-state index in [9.17, 15) is 13.2 Å². The summed E-state index contributed by atoms with van der Waals surface area (Å²) in [7, 11) is -3.59. The van der Waals surface area contributed by atoms with Gasteiger partial charge in [-0.15, -0.1) is 0 Å². The zero-order valence-corrected chi connectivity index (χ0v) is 18.2. The summed E-state index contributed by atoms with van der Waals surface area (Å²) in [5.74, 6) is 0.959. The van der Waals surface area contributed by atoms with Crippen LogP contribution in [-0.4, -0.2) is 78.0 Å². The van der Waals surface area contributed by atoms with Gasteiger partial charge in [-0.3, -0.25) is 9.89 Å². The molecule has 0 radical (unpaired) electrons. The summed E-state index contributed by atoms with van der Waals surface area (Å²) in [4.78, 5) is 21.7. The van der Waals surface area contributed by atoms with E-state index in [0.717, 1.165) is 18.9 Å². The second-order valence-corrected chi connectivity index (χ2v) is 9.82. The van der Waals surface area contributed by atoms with Gasteiger partial charge in [0.2, 0.25) is 15.9 Å². The minimum absolute atomic E-state index is 0.121. The Kier molecular flexibility index (Phi) is 5.79. The summed E-state index contributed by atoms with van der Waals surface area (Å²) in [5, 5.41) is 6.75. The van der Waals surface area contributed by atoms with Crippen molar-refractivity contribution in [3.05, 3.63) is 35.8 Å². The first-order chi connectivity index (χ1) is 14.4. The molecule has 2 saturated heterocycles. The molecule has 2 aliphatic heterocycles. The number of piperidine rings is 1. The normalized spacial score (nSPS) is 19.3. The number of H-pyrrole nitrogens is 1. The molecule has 162 valence electrons. The summed E-state index contributed by atoms with van der Waals surface area (Å²) in [6.07, 6.45) is 2.88. The summed E-state index contributed by atoms with van der Waals surface area (Å²) >= 11 is 0. The van der Waals surface area contributed by atoms with Gasteiger partial charge in [-0.2, -0.15) is 9.40 Å². The lowest BCUT2D eigenvalue weighted by atomic mass is 9.96. The number of carbonyl (C=O) groups is 1. The number of rotatable bonds is 4. The molecule has 30 heavy (non-hydrogen) atoms. The third-order valence-electron chi connectivity index (χ3n) is 6.03. The molecule has 1 amide bonds. The quantitative estimate of drug-likeness (QED) is 0.778. The van der Waals surface area contributed by atoms with Crippen LogP contribution in [0.5, 0.6) is 0 Å². The fourth-order valence-electron chi connectivity index (χ4n) is 4.35. The first-order valence-electron chi connectivity index (χ1n) is 10.3. The van der Waals surface area contributed by atoms with Crippen molar-refractivity contribution in [2.45, 2.75) is 31.6 Å². The number of hydrogen-bond acceptors (Lipinski definition) is 6. The Balaban J connectivity index is 1.33. The van der Waals surface area contributed by atoms with Crippen molar-refractivity contribution >= 4 is 21.7 Å². The van der Waals surface area contributed by atoms with Crippen LogP contribution in [0, 0.1) is 19.8 Å². The number of pyridine rings is 1. The SMILES string of the molecule is Cc1n[nH]c(C)c1S(=O)(=O)N1CCC(C(=O)N2CCN(c3ccccn3)CC2)CC1. The van der Waals surface area contributed by atoms with Gasteiger partial charge in [0.25, 0.3) is 0 Å². The van der Waals surface area contributed by atoms with E-state index < -0.39 is 10.0 Å². The van der Waals surface area contributed by atoms with Crippen molar-refractivity contribution in [3.8, 4) is 0 Å². The molecular formula is C20H28N6O3S. The van der Waals surface area contributed by atoms with Crippen LogP contribution in [0.3, 0.4) is 0 Å². The van der Waals surface area contributed by atoms with E-state index in [4.69, 9.17) is 0 Å². The van der Waals surface area contributed by atoms with E-state index in [0.29, 0.717) is 50.4 Å². The highest BCUT2D eigenvalue weighted by Gasteiger charge is 2.36. The molecule has 0 spiro atoms. The van der Waals surface area contributed by atoms with Crippen LogP contribution in [0.25, 0.3) is 0 Å². The van der Waals surface area contributed by atoms with E-state index in [2.05, 4.69) is 20.1 Å². The highest BCUT2D eigenvalue weighted by atomic mass is 32.2. The molecule has 10 heteroatoms. The average Bonchev–Trinajstić information content (AvgIpc) is 3.13. The Labute approximate surface area is 177 Å². The van der Waals surface area contributed by atoms with E-state index in [-0.39, 0.29) is 16.7 Å². The third kappa shape index (κ3) is 3.93. The van der Waals surface area contributed by atoms with E-state index in [1.54, 1.807) is 20.0 Å². The molecule has 0 aromatic carbocycles. The number of nitrogens with one attached hydrogen (secondary N) is 1. The Morgan fingerprint density at radius 3 is 2.33 bits per heavy atom. The molecule has 9 nitrogen and oxygen atoms in total. The largest absolute Gasteiger partial charge is 0.353 e. The first-order valence-corrected chi connectivity index (χ1v) is 11.8. The number of piperazine rings is 1. The van der Waals surface area contributed by atoms with Gasteiger partial charge in [0.1, 0.15) is 10.7 Å². The Morgan fingerprint density at radius 1 is 1.07 bits per heavy atom. The Morgan fingerprint density at radius 2 is 1.77 bits per heavy atom.